The second-order valence-corrected chi connectivity index (χ2v) is 8.04. The van der Waals surface area contributed by atoms with Crippen LogP contribution in [0.4, 0.5) is 4.39 Å². The van der Waals surface area contributed by atoms with E-state index in [-0.39, 0.29) is 17.1 Å². The van der Waals surface area contributed by atoms with Crippen molar-refractivity contribution in [3.63, 3.8) is 0 Å². The molecule has 4 nitrogen and oxygen atoms in total. The molecule has 0 aromatic heterocycles. The van der Waals surface area contributed by atoms with E-state index in [1.165, 1.54) is 12.1 Å². The summed E-state index contributed by atoms with van der Waals surface area (Å²) in [5.74, 6) is -0.0275. The molecule has 2 bridgehead atoms. The van der Waals surface area contributed by atoms with Gasteiger partial charge in [-0.3, -0.25) is 4.79 Å². The summed E-state index contributed by atoms with van der Waals surface area (Å²) in [5, 5.41) is 0.300. The third-order valence-corrected chi connectivity index (χ3v) is 6.04. The highest BCUT2D eigenvalue weighted by Crippen LogP contribution is 2.55. The molecule has 1 spiro atoms. The minimum absolute atomic E-state index is 0.0921. The Morgan fingerprint density at radius 1 is 1.50 bits per heavy atom. The van der Waals surface area contributed by atoms with E-state index < -0.39 is 5.82 Å². The van der Waals surface area contributed by atoms with Crippen LogP contribution in [0.25, 0.3) is 0 Å². The molecule has 3 heterocycles. The lowest BCUT2D eigenvalue weighted by molar-refractivity contribution is 0.00251. The maximum absolute atomic E-state index is 14.1. The van der Waals surface area contributed by atoms with Crippen molar-refractivity contribution >= 4 is 17.5 Å². The monoisotopic (exact) mass is 352 g/mol. The molecule has 1 aromatic carbocycles. The van der Waals surface area contributed by atoms with Gasteiger partial charge >= 0.3 is 0 Å². The number of benzene rings is 1. The molecule has 4 rings (SSSR count). The summed E-state index contributed by atoms with van der Waals surface area (Å²) in [4.78, 5) is 16.7. The van der Waals surface area contributed by atoms with Crippen LogP contribution in [0.2, 0.25) is 5.02 Å². The number of ether oxygens (including phenoxy) is 1. The molecule has 3 fully saturated rings. The Labute approximate surface area is 146 Å². The molecule has 4 atom stereocenters. The van der Waals surface area contributed by atoms with Gasteiger partial charge in [0, 0.05) is 29.9 Å². The van der Waals surface area contributed by atoms with E-state index in [1.54, 1.807) is 11.0 Å². The van der Waals surface area contributed by atoms with Crippen molar-refractivity contribution in [3.05, 3.63) is 34.6 Å². The zero-order valence-electron chi connectivity index (χ0n) is 14.0. The predicted octanol–water partition coefficient (Wildman–Crippen LogP) is 2.66. The van der Waals surface area contributed by atoms with Gasteiger partial charge < -0.3 is 14.5 Å². The molecule has 3 aliphatic heterocycles. The van der Waals surface area contributed by atoms with Gasteiger partial charge in [-0.05, 0) is 45.1 Å². The van der Waals surface area contributed by atoms with Crippen LogP contribution in [0.5, 0.6) is 0 Å². The van der Waals surface area contributed by atoms with E-state index in [9.17, 15) is 9.18 Å². The number of likely N-dealkylation sites (tertiary alicyclic amines) is 1. The average Bonchev–Trinajstić information content (AvgIpc) is 3.16. The van der Waals surface area contributed by atoms with Crippen LogP contribution in [0.1, 0.15) is 23.2 Å². The Morgan fingerprint density at radius 2 is 2.29 bits per heavy atom. The highest BCUT2D eigenvalue weighted by atomic mass is 35.5. The number of halogens is 2. The molecule has 3 saturated heterocycles. The SMILES string of the molecule is CN(C)C[C@H]1[C@@H]2CC[C@@]3(CN(C(=O)c4ccc(Cl)cc4F)C[C@@H]13)O2. The van der Waals surface area contributed by atoms with Crippen LogP contribution in [-0.2, 0) is 4.74 Å². The Bertz CT molecular complexity index is 683. The zero-order chi connectivity index (χ0) is 17.1. The molecular weight excluding hydrogens is 331 g/mol. The normalized spacial score (nSPS) is 34.2. The largest absolute Gasteiger partial charge is 0.369 e. The van der Waals surface area contributed by atoms with Crippen LogP contribution >= 0.6 is 11.6 Å². The van der Waals surface area contributed by atoms with Crippen molar-refractivity contribution in [1.29, 1.82) is 0 Å². The maximum atomic E-state index is 14.1. The lowest BCUT2D eigenvalue weighted by atomic mass is 9.73. The van der Waals surface area contributed by atoms with E-state index >= 15 is 0 Å². The second kappa shape index (κ2) is 5.68. The third kappa shape index (κ3) is 2.45. The highest BCUT2D eigenvalue weighted by Gasteiger charge is 2.63. The first-order chi connectivity index (χ1) is 11.4. The van der Waals surface area contributed by atoms with Gasteiger partial charge in [0.15, 0.2) is 0 Å². The molecule has 6 heteroatoms. The zero-order valence-corrected chi connectivity index (χ0v) is 14.7. The Balaban J connectivity index is 1.56. The summed E-state index contributed by atoms with van der Waals surface area (Å²) in [6, 6.07) is 4.23. The first-order valence-corrected chi connectivity index (χ1v) is 8.84. The number of carbonyl (C=O) groups excluding carboxylic acids is 1. The van der Waals surface area contributed by atoms with Gasteiger partial charge in [0.1, 0.15) is 5.82 Å². The van der Waals surface area contributed by atoms with Gasteiger partial charge in [-0.1, -0.05) is 11.6 Å². The summed E-state index contributed by atoms with van der Waals surface area (Å²) in [6.45, 7) is 2.18. The van der Waals surface area contributed by atoms with E-state index in [0.717, 1.165) is 19.4 Å². The Hall–Kier alpha value is -1.17. The molecule has 1 aromatic rings. The summed E-state index contributed by atoms with van der Waals surface area (Å²) < 4.78 is 20.4. The lowest BCUT2D eigenvalue weighted by Crippen LogP contribution is -2.40. The molecule has 3 aliphatic rings. The highest BCUT2D eigenvalue weighted by molar-refractivity contribution is 6.30. The van der Waals surface area contributed by atoms with E-state index in [2.05, 4.69) is 19.0 Å². The molecule has 0 saturated carbocycles. The number of rotatable bonds is 3. The molecule has 0 N–H and O–H groups in total. The summed E-state index contributed by atoms with van der Waals surface area (Å²) in [6.07, 6.45) is 2.37. The lowest BCUT2D eigenvalue weighted by Gasteiger charge is -2.30. The summed E-state index contributed by atoms with van der Waals surface area (Å²) in [7, 11) is 4.14. The fourth-order valence-corrected chi connectivity index (χ4v) is 5.00. The van der Waals surface area contributed by atoms with Gasteiger partial charge in [-0.15, -0.1) is 0 Å². The molecule has 0 radical (unpaired) electrons. The van der Waals surface area contributed by atoms with Crippen molar-refractivity contribution in [2.45, 2.75) is 24.5 Å². The number of fused-ring (bicyclic) bond motifs is 1. The molecule has 1 amide bonds. The fraction of sp³-hybridized carbons (Fsp3) is 0.611. The smallest absolute Gasteiger partial charge is 0.256 e. The van der Waals surface area contributed by atoms with Gasteiger partial charge in [-0.2, -0.15) is 0 Å². The van der Waals surface area contributed by atoms with Crippen molar-refractivity contribution in [2.75, 3.05) is 33.7 Å². The average molecular weight is 353 g/mol. The number of amides is 1. The minimum atomic E-state index is -0.558. The van der Waals surface area contributed by atoms with Crippen LogP contribution in [0, 0.1) is 17.7 Å². The number of hydrogen-bond donors (Lipinski definition) is 0. The predicted molar refractivity (Wildman–Crippen MR) is 89.7 cm³/mol. The van der Waals surface area contributed by atoms with Gasteiger partial charge in [0.05, 0.1) is 23.8 Å². The van der Waals surface area contributed by atoms with Crippen molar-refractivity contribution in [3.8, 4) is 0 Å². The standard InChI is InChI=1S/C18H22ClFN2O2/c1-21(2)8-13-14-9-22(10-18(14)6-5-16(13)24-18)17(23)12-4-3-11(19)7-15(12)20/h3-4,7,13-14,16H,5-6,8-10H2,1-2H3/t13-,14+,16+,18+/m1/s1. The maximum Gasteiger partial charge on any atom is 0.256 e. The minimum Gasteiger partial charge on any atom is -0.369 e. The van der Waals surface area contributed by atoms with Crippen LogP contribution in [0.3, 0.4) is 0 Å². The first-order valence-electron chi connectivity index (χ1n) is 8.46. The van der Waals surface area contributed by atoms with E-state index in [1.807, 2.05) is 0 Å². The van der Waals surface area contributed by atoms with Crippen LogP contribution in [0.15, 0.2) is 18.2 Å². The molecular formula is C18H22ClFN2O2. The molecule has 0 aliphatic carbocycles. The summed E-state index contributed by atoms with van der Waals surface area (Å²) >= 11 is 5.79. The number of carbonyl (C=O) groups is 1. The molecule has 0 unspecified atom stereocenters. The molecule has 130 valence electrons. The van der Waals surface area contributed by atoms with Gasteiger partial charge in [-0.25, -0.2) is 4.39 Å². The Kier molecular flexibility index (Phi) is 3.86. The first kappa shape index (κ1) is 16.3. The topological polar surface area (TPSA) is 32.8 Å². The third-order valence-electron chi connectivity index (χ3n) is 5.81. The van der Waals surface area contributed by atoms with Crippen molar-refractivity contribution in [2.24, 2.45) is 11.8 Å². The molecule has 24 heavy (non-hydrogen) atoms. The van der Waals surface area contributed by atoms with Crippen LogP contribution in [-0.4, -0.2) is 61.1 Å². The fourth-order valence-electron chi connectivity index (χ4n) is 4.84. The quantitative estimate of drug-likeness (QED) is 0.838. The van der Waals surface area contributed by atoms with Crippen LogP contribution < -0.4 is 0 Å². The van der Waals surface area contributed by atoms with Crippen molar-refractivity contribution < 1.29 is 13.9 Å². The second-order valence-electron chi connectivity index (χ2n) is 7.60. The Morgan fingerprint density at radius 3 is 3.00 bits per heavy atom. The summed E-state index contributed by atoms with van der Waals surface area (Å²) in [5.41, 5.74) is -0.126. The van der Waals surface area contributed by atoms with Gasteiger partial charge in [0.25, 0.3) is 5.91 Å². The van der Waals surface area contributed by atoms with Gasteiger partial charge in [0.2, 0.25) is 0 Å². The van der Waals surface area contributed by atoms with E-state index in [4.69, 9.17) is 16.3 Å². The number of hydrogen-bond acceptors (Lipinski definition) is 3. The van der Waals surface area contributed by atoms with Crippen molar-refractivity contribution in [1.82, 2.24) is 9.80 Å². The number of nitrogens with zero attached hydrogens (tertiary/aromatic N) is 2. The van der Waals surface area contributed by atoms with E-state index in [0.29, 0.717) is 36.1 Å².